The molecule has 1 aliphatic heterocycles. The van der Waals surface area contributed by atoms with Crippen molar-refractivity contribution >= 4 is 0 Å². The van der Waals surface area contributed by atoms with E-state index in [4.69, 9.17) is 37.9 Å². The molecule has 0 fully saturated rings. The van der Waals surface area contributed by atoms with Gasteiger partial charge in [0.1, 0.15) is 49.4 Å². The summed E-state index contributed by atoms with van der Waals surface area (Å²) in [6.07, 6.45) is 6.02. The van der Waals surface area contributed by atoms with Crippen LogP contribution < -0.4 is 18.9 Å². The highest BCUT2D eigenvalue weighted by molar-refractivity contribution is 5.56. The van der Waals surface area contributed by atoms with Crippen molar-refractivity contribution in [2.75, 3.05) is 79.3 Å². The van der Waals surface area contributed by atoms with E-state index >= 15 is 0 Å². The Hall–Kier alpha value is -4.60. The molecule has 0 atom stereocenters. The topological polar surface area (TPSA) is 73.8 Å². The molecule has 274 valence electrons. The van der Waals surface area contributed by atoms with Crippen LogP contribution in [-0.4, -0.2) is 79.3 Å². The lowest BCUT2D eigenvalue weighted by atomic mass is 9.91. The van der Waals surface area contributed by atoms with E-state index < -0.39 is 0 Å². The molecule has 0 radical (unpaired) electrons. The molecule has 8 heteroatoms. The summed E-state index contributed by atoms with van der Waals surface area (Å²) in [7, 11) is 0. The van der Waals surface area contributed by atoms with Gasteiger partial charge in [-0.25, -0.2) is 0 Å². The van der Waals surface area contributed by atoms with Crippen LogP contribution >= 0.6 is 0 Å². The average Bonchev–Trinajstić information content (AvgIpc) is 3.15. The minimum absolute atomic E-state index is 0.390. The van der Waals surface area contributed by atoms with Crippen LogP contribution in [0.15, 0.2) is 98.1 Å². The van der Waals surface area contributed by atoms with E-state index in [-0.39, 0.29) is 0 Å². The first kappa shape index (κ1) is 37.2. The first-order chi connectivity index (χ1) is 25.7. The molecule has 8 nitrogen and oxygen atoms in total. The smallest absolute Gasteiger partial charge is 0.126 e. The van der Waals surface area contributed by atoms with Gasteiger partial charge in [0.15, 0.2) is 0 Å². The van der Waals surface area contributed by atoms with Crippen LogP contribution in [0.4, 0.5) is 0 Å². The molecule has 1 aliphatic carbocycles. The summed E-state index contributed by atoms with van der Waals surface area (Å²) in [5, 5.41) is 0. The molecule has 0 spiro atoms. The normalized spacial score (nSPS) is 16.1. The molecule has 4 aromatic carbocycles. The third-order valence-electron chi connectivity index (χ3n) is 8.99. The maximum absolute atomic E-state index is 6.63. The molecule has 4 aromatic rings. The molecule has 0 N–H and O–H groups in total. The Kier molecular flexibility index (Phi) is 14.2. The molecular weight excluding hydrogens is 656 g/mol. The molecule has 6 rings (SSSR count). The molecule has 0 aromatic heterocycles. The van der Waals surface area contributed by atoms with Crippen molar-refractivity contribution in [1.82, 2.24) is 0 Å². The van der Waals surface area contributed by atoms with Gasteiger partial charge >= 0.3 is 0 Å². The van der Waals surface area contributed by atoms with Crippen molar-refractivity contribution < 1.29 is 37.9 Å². The minimum Gasteiger partial charge on any atom is -0.491 e. The van der Waals surface area contributed by atoms with Crippen LogP contribution in [0, 0.1) is 0 Å². The number of benzene rings is 4. The monoisotopic (exact) mass is 706 g/mol. The van der Waals surface area contributed by atoms with Crippen molar-refractivity contribution in [2.24, 2.45) is 0 Å². The van der Waals surface area contributed by atoms with E-state index in [1.165, 1.54) is 0 Å². The number of hydrogen-bond acceptors (Lipinski definition) is 8. The summed E-state index contributed by atoms with van der Waals surface area (Å²) >= 11 is 0. The van der Waals surface area contributed by atoms with Gasteiger partial charge in [-0.05, 0) is 44.5 Å². The first-order valence-electron chi connectivity index (χ1n) is 18.2. The van der Waals surface area contributed by atoms with Crippen LogP contribution in [-0.2, 0) is 44.6 Å². The van der Waals surface area contributed by atoms with Gasteiger partial charge in [0, 0.05) is 25.7 Å². The van der Waals surface area contributed by atoms with Crippen LogP contribution in [0.5, 0.6) is 23.0 Å². The predicted octanol–water partition coefficient (Wildman–Crippen LogP) is 7.33. The number of rotatable bonds is 6. The Labute approximate surface area is 307 Å². The Balaban J connectivity index is 1.49. The van der Waals surface area contributed by atoms with Gasteiger partial charge in [0.25, 0.3) is 0 Å². The zero-order valence-corrected chi connectivity index (χ0v) is 30.1. The Bertz CT molecular complexity index is 1550. The fraction of sp³-hybridized carbons (Fsp3) is 0.364. The molecule has 0 saturated heterocycles. The maximum atomic E-state index is 6.63. The number of fused-ring (bicyclic) bond motifs is 2. The minimum atomic E-state index is 0.390. The first-order valence-corrected chi connectivity index (χ1v) is 18.2. The Morgan fingerprint density at radius 3 is 0.962 bits per heavy atom. The lowest BCUT2D eigenvalue weighted by molar-refractivity contribution is -0.00706. The van der Waals surface area contributed by atoms with Gasteiger partial charge in [0.2, 0.25) is 0 Å². The van der Waals surface area contributed by atoms with Crippen LogP contribution in [0.2, 0.25) is 0 Å². The predicted molar refractivity (Wildman–Crippen MR) is 203 cm³/mol. The van der Waals surface area contributed by atoms with Crippen molar-refractivity contribution in [3.8, 4) is 23.0 Å². The molecule has 0 saturated carbocycles. The molecule has 0 amide bonds. The van der Waals surface area contributed by atoms with E-state index in [0.29, 0.717) is 105 Å². The van der Waals surface area contributed by atoms with Crippen molar-refractivity contribution in [2.45, 2.75) is 25.7 Å². The number of ether oxygens (including phenoxy) is 8. The highest BCUT2D eigenvalue weighted by Crippen LogP contribution is 2.39. The SMILES string of the molecule is C=CCOc1c2cccc1Cc1cccc3c1OCCOCCOCCOCCOCCOc1c(cccc1Cc1cccc(c1OCC=C)C3)C2. The standard InChI is InChI=1S/C44H50O8/c1-3-17-49-41-33-9-5-10-34(41)30-38-14-8-16-40-32-36-12-6-11-35(42(36)50-18-4-2)31-39-15-7-13-37(29-33)43(39)51-27-25-47-23-21-45-19-20-46-22-24-48-26-28-52-44(38)40/h3-16H,1-2,17-32H2. The van der Waals surface area contributed by atoms with Gasteiger partial charge in [-0.2, -0.15) is 0 Å². The van der Waals surface area contributed by atoms with Gasteiger partial charge < -0.3 is 37.9 Å². The fourth-order valence-corrected chi connectivity index (χ4v) is 6.68. The quantitative estimate of drug-likeness (QED) is 0.170. The van der Waals surface area contributed by atoms with Crippen LogP contribution in [0.25, 0.3) is 0 Å². The summed E-state index contributed by atoms with van der Waals surface area (Å²) in [4.78, 5) is 0. The third kappa shape index (κ3) is 10.0. The van der Waals surface area contributed by atoms with E-state index in [1.54, 1.807) is 12.2 Å². The zero-order valence-electron chi connectivity index (χ0n) is 30.1. The lowest BCUT2D eigenvalue weighted by Gasteiger charge is -2.22. The lowest BCUT2D eigenvalue weighted by Crippen LogP contribution is -2.15. The summed E-state index contributed by atoms with van der Waals surface area (Å²) in [5.41, 5.74) is 8.53. The fourth-order valence-electron chi connectivity index (χ4n) is 6.68. The molecular formula is C44H50O8. The largest absolute Gasteiger partial charge is 0.491 e. The van der Waals surface area contributed by atoms with E-state index in [1.807, 2.05) is 0 Å². The van der Waals surface area contributed by atoms with Gasteiger partial charge in [-0.3, -0.25) is 0 Å². The zero-order chi connectivity index (χ0) is 35.8. The van der Waals surface area contributed by atoms with Crippen LogP contribution in [0.1, 0.15) is 44.5 Å². The van der Waals surface area contributed by atoms with Crippen molar-refractivity contribution in [3.05, 3.63) is 143 Å². The van der Waals surface area contributed by atoms with Gasteiger partial charge in [-0.1, -0.05) is 98.1 Å². The van der Waals surface area contributed by atoms with E-state index in [0.717, 1.165) is 67.5 Å². The van der Waals surface area contributed by atoms with E-state index in [2.05, 4.69) is 86.0 Å². The average molecular weight is 707 g/mol. The number of para-hydroxylation sites is 4. The summed E-state index contributed by atoms with van der Waals surface area (Å²) in [5.74, 6) is 3.40. The number of hydrogen-bond donors (Lipinski definition) is 0. The molecule has 0 unspecified atom stereocenters. The second kappa shape index (κ2) is 19.9. The maximum Gasteiger partial charge on any atom is 0.126 e. The Morgan fingerprint density at radius 1 is 0.404 bits per heavy atom. The van der Waals surface area contributed by atoms with Gasteiger partial charge in [0.05, 0.1) is 52.9 Å². The van der Waals surface area contributed by atoms with E-state index in [9.17, 15) is 0 Å². The highest BCUT2D eigenvalue weighted by atomic mass is 16.6. The second-order valence-electron chi connectivity index (χ2n) is 12.7. The highest BCUT2D eigenvalue weighted by Gasteiger charge is 2.21. The molecule has 1 heterocycles. The molecule has 2 aliphatic rings. The molecule has 10 bridgehead atoms. The summed E-state index contributed by atoms with van der Waals surface area (Å²) < 4.78 is 49.3. The summed E-state index contributed by atoms with van der Waals surface area (Å²) in [6, 6.07) is 25.5. The third-order valence-corrected chi connectivity index (χ3v) is 8.99. The van der Waals surface area contributed by atoms with Gasteiger partial charge in [-0.15, -0.1) is 0 Å². The summed E-state index contributed by atoms with van der Waals surface area (Å²) in [6.45, 7) is 13.2. The van der Waals surface area contributed by atoms with Crippen LogP contribution in [0.3, 0.4) is 0 Å². The van der Waals surface area contributed by atoms with Crippen molar-refractivity contribution in [1.29, 1.82) is 0 Å². The van der Waals surface area contributed by atoms with Crippen molar-refractivity contribution in [3.63, 3.8) is 0 Å². The Morgan fingerprint density at radius 2 is 0.673 bits per heavy atom. The second-order valence-corrected chi connectivity index (χ2v) is 12.7. The molecule has 52 heavy (non-hydrogen) atoms.